The van der Waals surface area contributed by atoms with Gasteiger partial charge in [-0.3, -0.25) is 4.57 Å². The molecule has 0 radical (unpaired) electrons. The van der Waals surface area contributed by atoms with Gasteiger partial charge < -0.3 is 4.52 Å². The maximum atomic E-state index is 12.9. The maximum Gasteiger partial charge on any atom is 0.367 e. The first kappa shape index (κ1) is 13.1. The zero-order chi connectivity index (χ0) is 10.3. The van der Waals surface area contributed by atoms with Crippen LogP contribution in [0.2, 0.25) is 0 Å². The molecule has 0 rings (SSSR count). The van der Waals surface area contributed by atoms with Crippen LogP contribution in [0.15, 0.2) is 0 Å². The molecule has 0 fully saturated rings. The van der Waals surface area contributed by atoms with Crippen molar-refractivity contribution in [1.29, 1.82) is 0 Å². The molecule has 0 heterocycles. The summed E-state index contributed by atoms with van der Waals surface area (Å²) in [5.41, 5.74) is 0. The zero-order valence-electron chi connectivity index (χ0n) is 8.75. The van der Waals surface area contributed by atoms with Gasteiger partial charge in [0.05, 0.1) is 12.8 Å². The van der Waals surface area contributed by atoms with Crippen molar-refractivity contribution in [3.8, 4) is 0 Å². The molecule has 0 amide bonds. The van der Waals surface area contributed by atoms with Crippen LogP contribution in [0, 0.1) is 5.92 Å². The van der Waals surface area contributed by atoms with Gasteiger partial charge >= 0.3 is 7.68 Å². The second kappa shape index (κ2) is 6.56. The van der Waals surface area contributed by atoms with E-state index in [0.29, 0.717) is 12.3 Å². The predicted octanol–water partition coefficient (Wildman–Crippen LogP) is 4.01. The molecule has 0 aromatic rings. The smallest absolute Gasteiger partial charge is 0.306 e. The van der Waals surface area contributed by atoms with Gasteiger partial charge in [0, 0.05) is 0 Å². The van der Waals surface area contributed by atoms with Gasteiger partial charge in [-0.1, -0.05) is 20.8 Å². The van der Waals surface area contributed by atoms with Crippen molar-refractivity contribution in [3.05, 3.63) is 0 Å². The van der Waals surface area contributed by atoms with Crippen molar-refractivity contribution in [2.75, 3.05) is 12.8 Å². The lowest BCUT2D eigenvalue weighted by Crippen LogP contribution is -1.96. The van der Waals surface area contributed by atoms with Gasteiger partial charge in [0.1, 0.15) is 0 Å². The third-order valence-electron chi connectivity index (χ3n) is 1.70. The lowest BCUT2D eigenvalue weighted by Gasteiger charge is -2.09. The lowest BCUT2D eigenvalue weighted by molar-refractivity contribution is 0.272. The molecule has 0 aromatic heterocycles. The second-order valence-corrected chi connectivity index (χ2v) is 5.57. The largest absolute Gasteiger partial charge is 0.367 e. The average Bonchev–Trinajstić information content (AvgIpc) is 1.98. The molecule has 1 atom stereocenters. The summed E-state index contributed by atoms with van der Waals surface area (Å²) < 4.78 is 28.6. The van der Waals surface area contributed by atoms with E-state index >= 15 is 0 Å². The van der Waals surface area contributed by atoms with Crippen LogP contribution < -0.4 is 0 Å². The first-order valence-corrected chi connectivity index (χ1v) is 6.61. The second-order valence-electron chi connectivity index (χ2n) is 3.68. The number of hydrogen-bond acceptors (Lipinski definition) is 2. The van der Waals surface area contributed by atoms with E-state index in [-0.39, 0.29) is 12.8 Å². The van der Waals surface area contributed by atoms with Crippen LogP contribution in [0.1, 0.15) is 40.0 Å². The van der Waals surface area contributed by atoms with Crippen LogP contribution in [0.5, 0.6) is 0 Å². The van der Waals surface area contributed by atoms with Crippen LogP contribution in [0.4, 0.5) is 4.20 Å². The molecule has 0 bridgehead atoms. The predicted molar refractivity (Wildman–Crippen MR) is 53.9 cm³/mol. The van der Waals surface area contributed by atoms with E-state index in [0.717, 1.165) is 12.8 Å². The van der Waals surface area contributed by atoms with Gasteiger partial charge in [-0.15, -0.1) is 0 Å². The SMILES string of the molecule is CCCP(=O)(F)OCCCC(C)C. The summed E-state index contributed by atoms with van der Waals surface area (Å²) in [6, 6.07) is 0. The molecule has 4 heteroatoms. The van der Waals surface area contributed by atoms with Crippen LogP contribution in [-0.4, -0.2) is 12.8 Å². The minimum atomic E-state index is -3.75. The average molecular weight is 210 g/mol. The quantitative estimate of drug-likeness (QED) is 0.468. The molecule has 0 spiro atoms. The minimum Gasteiger partial charge on any atom is -0.306 e. The van der Waals surface area contributed by atoms with Crippen molar-refractivity contribution < 1.29 is 13.3 Å². The van der Waals surface area contributed by atoms with E-state index < -0.39 is 7.68 Å². The van der Waals surface area contributed by atoms with E-state index in [9.17, 15) is 8.76 Å². The Kier molecular flexibility index (Phi) is 6.62. The molecular formula is C9H20FO2P. The topological polar surface area (TPSA) is 26.3 Å². The summed E-state index contributed by atoms with van der Waals surface area (Å²) in [6.45, 7) is 6.28. The van der Waals surface area contributed by atoms with Crippen molar-refractivity contribution in [2.45, 2.75) is 40.0 Å². The van der Waals surface area contributed by atoms with Gasteiger partial charge in [-0.05, 0) is 25.2 Å². The highest BCUT2D eigenvalue weighted by atomic mass is 31.2. The highest BCUT2D eigenvalue weighted by Gasteiger charge is 2.19. The van der Waals surface area contributed by atoms with E-state index in [1.165, 1.54) is 0 Å². The van der Waals surface area contributed by atoms with Gasteiger partial charge in [0.2, 0.25) is 0 Å². The summed E-state index contributed by atoms with van der Waals surface area (Å²) in [5.74, 6) is 0.591. The molecule has 0 N–H and O–H groups in total. The van der Waals surface area contributed by atoms with Gasteiger partial charge in [-0.2, -0.15) is 4.20 Å². The Morgan fingerprint density at radius 3 is 2.54 bits per heavy atom. The molecule has 0 saturated carbocycles. The molecule has 0 aromatic carbocycles. The third-order valence-corrected chi connectivity index (χ3v) is 3.25. The van der Waals surface area contributed by atoms with Crippen molar-refractivity contribution in [3.63, 3.8) is 0 Å². The van der Waals surface area contributed by atoms with Crippen LogP contribution in [0.3, 0.4) is 0 Å². The zero-order valence-corrected chi connectivity index (χ0v) is 9.65. The fraction of sp³-hybridized carbons (Fsp3) is 1.00. The van der Waals surface area contributed by atoms with Crippen molar-refractivity contribution in [1.82, 2.24) is 0 Å². The lowest BCUT2D eigenvalue weighted by atomic mass is 10.1. The summed E-state index contributed by atoms with van der Waals surface area (Å²) in [7, 11) is -3.75. The Morgan fingerprint density at radius 1 is 1.46 bits per heavy atom. The first-order chi connectivity index (χ1) is 5.98. The molecule has 0 saturated heterocycles. The third kappa shape index (κ3) is 8.45. The molecule has 80 valence electrons. The summed E-state index contributed by atoms with van der Waals surface area (Å²) in [5, 5.41) is 0. The van der Waals surface area contributed by atoms with Crippen molar-refractivity contribution >= 4 is 7.68 Å². The maximum absolute atomic E-state index is 12.9. The van der Waals surface area contributed by atoms with Crippen molar-refractivity contribution in [2.24, 2.45) is 5.92 Å². The van der Waals surface area contributed by atoms with Crippen LogP contribution >= 0.6 is 7.68 Å². The highest BCUT2D eigenvalue weighted by Crippen LogP contribution is 2.49. The normalized spacial score (nSPS) is 16.1. The van der Waals surface area contributed by atoms with E-state index in [1.54, 1.807) is 6.92 Å². The molecule has 13 heavy (non-hydrogen) atoms. The Hall–Kier alpha value is 0.120. The fourth-order valence-electron chi connectivity index (χ4n) is 1.02. The van der Waals surface area contributed by atoms with Gasteiger partial charge in [0.25, 0.3) is 0 Å². The minimum absolute atomic E-state index is 0.0503. The van der Waals surface area contributed by atoms with E-state index in [2.05, 4.69) is 13.8 Å². The summed E-state index contributed by atoms with van der Waals surface area (Å²) in [6.07, 6.45) is 2.40. The molecular weight excluding hydrogens is 190 g/mol. The number of halogens is 1. The standard InChI is InChI=1S/C9H20FO2P/c1-4-8-13(10,11)12-7-5-6-9(2)3/h9H,4-8H2,1-3H3. The number of rotatable bonds is 7. The Morgan fingerprint density at radius 2 is 2.08 bits per heavy atom. The summed E-state index contributed by atoms with van der Waals surface area (Å²) in [4.78, 5) is 0. The Labute approximate surface area is 80.4 Å². The molecule has 0 aliphatic rings. The Bertz CT molecular complexity index is 171. The monoisotopic (exact) mass is 210 g/mol. The molecule has 2 nitrogen and oxygen atoms in total. The van der Waals surface area contributed by atoms with Crippen LogP contribution in [-0.2, 0) is 9.09 Å². The summed E-state index contributed by atoms with van der Waals surface area (Å²) >= 11 is 0. The van der Waals surface area contributed by atoms with E-state index in [1.807, 2.05) is 0 Å². The number of hydrogen-bond donors (Lipinski definition) is 0. The molecule has 1 unspecified atom stereocenters. The van der Waals surface area contributed by atoms with Gasteiger partial charge in [-0.25, -0.2) is 0 Å². The van der Waals surface area contributed by atoms with E-state index in [4.69, 9.17) is 4.52 Å². The molecule has 0 aliphatic carbocycles. The molecule has 0 aliphatic heterocycles. The van der Waals surface area contributed by atoms with Gasteiger partial charge in [0.15, 0.2) is 0 Å². The highest BCUT2D eigenvalue weighted by molar-refractivity contribution is 7.53. The fourth-order valence-corrected chi connectivity index (χ4v) is 2.09. The van der Waals surface area contributed by atoms with Crippen LogP contribution in [0.25, 0.3) is 0 Å². The Balaban J connectivity index is 3.46. The first-order valence-electron chi connectivity index (χ1n) is 4.91.